The molecule has 0 fully saturated rings. The van der Waals surface area contributed by atoms with Gasteiger partial charge in [0, 0.05) is 19.4 Å². The molecule has 3 N–H and O–H groups in total. The number of rotatable bonds is 36. The Labute approximate surface area is 333 Å². The molecule has 0 radical (unpaired) electrons. The Kier molecular flexibility index (Phi) is 37.9. The monoisotopic (exact) mass is 785 g/mol. The Morgan fingerprint density at radius 2 is 0.982 bits per heavy atom. The Morgan fingerprint density at radius 1 is 0.545 bits per heavy atom. The van der Waals surface area contributed by atoms with E-state index >= 15 is 0 Å². The minimum absolute atomic E-state index is 0.0328. The van der Waals surface area contributed by atoms with Gasteiger partial charge in [-0.05, 0) is 83.5 Å². The molecule has 0 aliphatic carbocycles. The Morgan fingerprint density at radius 3 is 1.47 bits per heavy atom. The molecule has 0 amide bonds. The molecule has 0 spiro atoms. The van der Waals surface area contributed by atoms with Crippen molar-refractivity contribution >= 4 is 19.8 Å². The Balaban J connectivity index is 4.38. The molecule has 0 rings (SSSR count). The van der Waals surface area contributed by atoms with Crippen molar-refractivity contribution in [2.24, 2.45) is 5.73 Å². The van der Waals surface area contributed by atoms with E-state index in [9.17, 15) is 19.0 Å². The van der Waals surface area contributed by atoms with Crippen LogP contribution in [0.3, 0.4) is 0 Å². The van der Waals surface area contributed by atoms with Crippen LogP contribution in [0.25, 0.3) is 0 Å². The van der Waals surface area contributed by atoms with Crippen molar-refractivity contribution in [3.8, 4) is 0 Å². The maximum atomic E-state index is 12.5. The fourth-order valence-corrected chi connectivity index (χ4v) is 5.50. The zero-order chi connectivity index (χ0) is 40.3. The molecular weight excluding hydrogens is 713 g/mol. The van der Waals surface area contributed by atoms with Gasteiger partial charge in [-0.2, -0.15) is 0 Å². The lowest BCUT2D eigenvalue weighted by molar-refractivity contribution is -0.161. The van der Waals surface area contributed by atoms with E-state index in [1.54, 1.807) is 0 Å². The molecule has 9 nitrogen and oxygen atoms in total. The number of phosphoric ester groups is 1. The van der Waals surface area contributed by atoms with Gasteiger partial charge >= 0.3 is 19.8 Å². The third-order valence-electron chi connectivity index (χ3n) is 7.67. The van der Waals surface area contributed by atoms with Crippen molar-refractivity contribution in [3.63, 3.8) is 0 Å². The number of nitrogens with two attached hydrogens (primary N) is 1. The fraction of sp³-hybridized carbons (Fsp3) is 0.556. The summed E-state index contributed by atoms with van der Waals surface area (Å²) in [5, 5.41) is 0. The van der Waals surface area contributed by atoms with Gasteiger partial charge in [0.1, 0.15) is 6.61 Å². The second kappa shape index (κ2) is 40.3. The average molecular weight is 786 g/mol. The number of phosphoric acid groups is 1. The van der Waals surface area contributed by atoms with Crippen LogP contribution in [0.15, 0.2) is 109 Å². The summed E-state index contributed by atoms with van der Waals surface area (Å²) in [6.07, 6.45) is 52.8. The summed E-state index contributed by atoms with van der Waals surface area (Å²) in [7, 11) is -4.41. The zero-order valence-electron chi connectivity index (χ0n) is 33.9. The largest absolute Gasteiger partial charge is 0.472 e. The van der Waals surface area contributed by atoms with E-state index in [4.69, 9.17) is 24.3 Å². The van der Waals surface area contributed by atoms with Gasteiger partial charge in [0.2, 0.25) is 0 Å². The molecule has 2 unspecified atom stereocenters. The van der Waals surface area contributed by atoms with E-state index in [0.29, 0.717) is 12.8 Å². The first-order valence-corrected chi connectivity index (χ1v) is 21.9. The molecule has 0 bridgehead atoms. The highest BCUT2D eigenvalue weighted by Crippen LogP contribution is 2.43. The third-order valence-corrected chi connectivity index (χ3v) is 8.65. The first kappa shape index (κ1) is 51.7. The van der Waals surface area contributed by atoms with Gasteiger partial charge in [0.25, 0.3) is 0 Å². The maximum absolute atomic E-state index is 12.5. The van der Waals surface area contributed by atoms with Crippen LogP contribution in [0.5, 0.6) is 0 Å². The summed E-state index contributed by atoms with van der Waals surface area (Å²) in [4.78, 5) is 34.8. The minimum atomic E-state index is -4.41. The van der Waals surface area contributed by atoms with Crippen molar-refractivity contribution in [2.45, 2.75) is 136 Å². The molecule has 0 saturated carbocycles. The quantitative estimate of drug-likeness (QED) is 0.0275. The normalized spacial score (nSPS) is 14.5. The van der Waals surface area contributed by atoms with Gasteiger partial charge in [-0.25, -0.2) is 4.57 Å². The lowest BCUT2D eigenvalue weighted by atomic mass is 10.1. The topological polar surface area (TPSA) is 134 Å². The molecule has 0 heterocycles. The second-order valence-electron chi connectivity index (χ2n) is 12.7. The van der Waals surface area contributed by atoms with E-state index in [2.05, 4.69) is 111 Å². The molecule has 0 aromatic heterocycles. The molecule has 0 aliphatic rings. The number of ether oxygens (including phenoxy) is 2. The third kappa shape index (κ3) is 40.2. The van der Waals surface area contributed by atoms with Crippen molar-refractivity contribution in [3.05, 3.63) is 109 Å². The zero-order valence-corrected chi connectivity index (χ0v) is 34.7. The van der Waals surface area contributed by atoms with Crippen LogP contribution >= 0.6 is 7.82 Å². The van der Waals surface area contributed by atoms with E-state index < -0.39 is 32.5 Å². The van der Waals surface area contributed by atoms with Crippen LogP contribution in [0.1, 0.15) is 129 Å². The molecule has 0 aliphatic heterocycles. The Bertz CT molecular complexity index is 1260. The van der Waals surface area contributed by atoms with E-state index in [1.165, 1.54) is 0 Å². The molecule has 2 atom stereocenters. The predicted molar refractivity (Wildman–Crippen MR) is 228 cm³/mol. The molecule has 310 valence electrons. The number of carbonyl (C=O) groups excluding carboxylic acids is 2. The molecule has 0 aromatic carbocycles. The summed E-state index contributed by atoms with van der Waals surface area (Å²) in [6.45, 7) is 3.36. The van der Waals surface area contributed by atoms with Crippen molar-refractivity contribution < 1.29 is 37.6 Å². The standard InChI is InChI=1S/C45H72NO8P/c1-3-5-7-9-11-13-15-17-19-20-21-22-24-26-28-30-32-34-36-38-45(48)54-43(42-53-55(49,50)52-40-39-46)41-51-44(47)37-35-33-31-29-27-25-23-18-16-14-12-10-8-6-4-2/h5-8,11-14,17-19,21-23,26,28,32,34,43H,3-4,9-10,15-16,20,24-25,27,29-31,33,35-42,46H2,1-2H3,(H,49,50). The van der Waals surface area contributed by atoms with Crippen LogP contribution in [0, 0.1) is 0 Å². The van der Waals surface area contributed by atoms with Gasteiger partial charge in [0.15, 0.2) is 6.10 Å². The predicted octanol–water partition coefficient (Wildman–Crippen LogP) is 11.6. The average Bonchev–Trinajstić information content (AvgIpc) is 3.17. The van der Waals surface area contributed by atoms with Crippen molar-refractivity contribution in [2.75, 3.05) is 26.4 Å². The minimum Gasteiger partial charge on any atom is -0.462 e. The second-order valence-corrected chi connectivity index (χ2v) is 14.2. The summed E-state index contributed by atoms with van der Waals surface area (Å²) >= 11 is 0. The number of hydrogen-bond donors (Lipinski definition) is 2. The van der Waals surface area contributed by atoms with Crippen molar-refractivity contribution in [1.82, 2.24) is 0 Å². The molecule has 55 heavy (non-hydrogen) atoms. The highest BCUT2D eigenvalue weighted by molar-refractivity contribution is 7.47. The van der Waals surface area contributed by atoms with Gasteiger partial charge < -0.3 is 20.1 Å². The van der Waals surface area contributed by atoms with Crippen LogP contribution in [-0.4, -0.2) is 49.3 Å². The van der Waals surface area contributed by atoms with Crippen molar-refractivity contribution in [1.29, 1.82) is 0 Å². The number of esters is 2. The number of carbonyl (C=O) groups is 2. The summed E-state index contributed by atoms with van der Waals surface area (Å²) in [5.74, 6) is -0.960. The molecule has 10 heteroatoms. The van der Waals surface area contributed by atoms with Crippen LogP contribution in [0.4, 0.5) is 0 Å². The highest BCUT2D eigenvalue weighted by Gasteiger charge is 2.25. The number of allylic oxidation sites excluding steroid dienone is 18. The number of unbranched alkanes of at least 4 members (excludes halogenated alkanes) is 5. The maximum Gasteiger partial charge on any atom is 0.472 e. The van der Waals surface area contributed by atoms with E-state index in [0.717, 1.165) is 89.9 Å². The molecule has 0 saturated heterocycles. The van der Waals surface area contributed by atoms with Crippen LogP contribution in [-0.2, 0) is 32.7 Å². The lowest BCUT2D eigenvalue weighted by Gasteiger charge is -2.19. The number of hydrogen-bond acceptors (Lipinski definition) is 8. The first-order valence-electron chi connectivity index (χ1n) is 20.4. The highest BCUT2D eigenvalue weighted by atomic mass is 31.2. The van der Waals surface area contributed by atoms with Gasteiger partial charge in [-0.15, -0.1) is 0 Å². The van der Waals surface area contributed by atoms with Crippen LogP contribution < -0.4 is 5.73 Å². The van der Waals surface area contributed by atoms with Crippen LogP contribution in [0.2, 0.25) is 0 Å². The summed E-state index contributed by atoms with van der Waals surface area (Å²) in [5.41, 5.74) is 5.33. The lowest BCUT2D eigenvalue weighted by Crippen LogP contribution is -2.29. The molecular formula is C45H72NO8P. The fourth-order valence-electron chi connectivity index (χ4n) is 4.73. The van der Waals surface area contributed by atoms with Gasteiger partial charge in [-0.1, -0.05) is 142 Å². The molecule has 0 aromatic rings. The van der Waals surface area contributed by atoms with E-state index in [-0.39, 0.29) is 32.6 Å². The summed E-state index contributed by atoms with van der Waals surface area (Å²) < 4.78 is 32.6. The summed E-state index contributed by atoms with van der Waals surface area (Å²) in [6, 6.07) is 0. The van der Waals surface area contributed by atoms with Gasteiger partial charge in [0.05, 0.1) is 13.2 Å². The first-order chi connectivity index (χ1) is 26.8. The van der Waals surface area contributed by atoms with Gasteiger partial charge in [-0.3, -0.25) is 18.6 Å². The van der Waals surface area contributed by atoms with E-state index in [1.807, 2.05) is 12.2 Å². The SMILES string of the molecule is CCC=CCC=CCC=CCC=CCC=CCC=CCCC(=O)OC(COC(=O)CCCCCCCC=CCC=CCC=CCC)COP(=O)(O)OCCN. The smallest absolute Gasteiger partial charge is 0.462 e. The Hall–Kier alpha value is -3.33.